The van der Waals surface area contributed by atoms with E-state index in [9.17, 15) is 8.42 Å². The van der Waals surface area contributed by atoms with Crippen LogP contribution < -0.4 is 5.32 Å². The molecule has 0 bridgehead atoms. The Labute approximate surface area is 113 Å². The molecule has 1 aliphatic rings. The van der Waals surface area contributed by atoms with Gasteiger partial charge in [-0.25, -0.2) is 8.42 Å². The van der Waals surface area contributed by atoms with Crippen LogP contribution in [-0.4, -0.2) is 20.7 Å². The maximum absolute atomic E-state index is 11.7. The molecule has 1 N–H and O–H groups in total. The van der Waals surface area contributed by atoms with Crippen LogP contribution in [0.3, 0.4) is 0 Å². The molecule has 1 aromatic carbocycles. The quantitative estimate of drug-likeness (QED) is 0.926. The van der Waals surface area contributed by atoms with Crippen molar-refractivity contribution in [2.75, 3.05) is 6.26 Å². The molecular weight excluding hydrogens is 270 g/mol. The Hall–Kier alpha value is -0.580. The standard InChI is InChI=1S/C13H18ClNO2S/c1-9-6-10(7-9)15-8-11-12(14)4-3-5-13(11)18(2,16)17/h3-5,9-10,15H,6-8H2,1-2H3. The van der Waals surface area contributed by atoms with Crippen LogP contribution in [0.15, 0.2) is 23.1 Å². The van der Waals surface area contributed by atoms with Gasteiger partial charge >= 0.3 is 0 Å². The highest BCUT2D eigenvalue weighted by molar-refractivity contribution is 7.90. The predicted molar refractivity (Wildman–Crippen MR) is 73.6 cm³/mol. The summed E-state index contributed by atoms with van der Waals surface area (Å²) in [5.41, 5.74) is 0.682. The maximum Gasteiger partial charge on any atom is 0.175 e. The molecule has 0 amide bonds. The van der Waals surface area contributed by atoms with E-state index in [1.54, 1.807) is 18.2 Å². The van der Waals surface area contributed by atoms with Gasteiger partial charge in [-0.1, -0.05) is 24.6 Å². The lowest BCUT2D eigenvalue weighted by Gasteiger charge is -2.33. The van der Waals surface area contributed by atoms with Gasteiger partial charge in [0.1, 0.15) is 0 Å². The summed E-state index contributed by atoms with van der Waals surface area (Å²) in [5.74, 6) is 0.767. The molecule has 3 nitrogen and oxygen atoms in total. The Kier molecular flexibility index (Phi) is 3.99. The van der Waals surface area contributed by atoms with Crippen molar-refractivity contribution in [3.05, 3.63) is 28.8 Å². The molecule has 2 rings (SSSR count). The lowest BCUT2D eigenvalue weighted by atomic mass is 9.82. The van der Waals surface area contributed by atoms with Crippen molar-refractivity contribution < 1.29 is 8.42 Å². The summed E-state index contributed by atoms with van der Waals surface area (Å²) in [6, 6.07) is 5.51. The summed E-state index contributed by atoms with van der Waals surface area (Å²) in [6.07, 6.45) is 3.52. The van der Waals surface area contributed by atoms with Crippen molar-refractivity contribution in [2.24, 2.45) is 5.92 Å². The average molecular weight is 288 g/mol. The van der Waals surface area contributed by atoms with E-state index in [4.69, 9.17) is 11.6 Å². The van der Waals surface area contributed by atoms with Crippen molar-refractivity contribution in [3.63, 3.8) is 0 Å². The summed E-state index contributed by atoms with van der Waals surface area (Å²) >= 11 is 6.10. The molecule has 0 aliphatic heterocycles. The van der Waals surface area contributed by atoms with Crippen molar-refractivity contribution >= 4 is 21.4 Å². The Balaban J connectivity index is 2.16. The number of hydrogen-bond acceptors (Lipinski definition) is 3. The molecule has 1 fully saturated rings. The van der Waals surface area contributed by atoms with E-state index >= 15 is 0 Å². The van der Waals surface area contributed by atoms with E-state index in [1.807, 2.05) is 0 Å². The summed E-state index contributed by atoms with van der Waals surface area (Å²) < 4.78 is 23.4. The minimum atomic E-state index is -3.23. The zero-order valence-electron chi connectivity index (χ0n) is 10.6. The van der Waals surface area contributed by atoms with E-state index in [1.165, 1.54) is 6.26 Å². The first-order valence-electron chi connectivity index (χ1n) is 6.08. The van der Waals surface area contributed by atoms with Gasteiger partial charge in [-0.15, -0.1) is 0 Å². The predicted octanol–water partition coefficient (Wildman–Crippen LogP) is 2.63. The fraction of sp³-hybridized carbons (Fsp3) is 0.538. The molecule has 1 aromatic rings. The van der Waals surface area contributed by atoms with Crippen molar-refractivity contribution in [1.29, 1.82) is 0 Å². The van der Waals surface area contributed by atoms with Gasteiger partial charge in [-0.2, -0.15) is 0 Å². The second-order valence-electron chi connectivity index (χ2n) is 5.14. The Morgan fingerprint density at radius 3 is 2.61 bits per heavy atom. The van der Waals surface area contributed by atoms with Gasteiger partial charge in [0, 0.05) is 29.4 Å². The topological polar surface area (TPSA) is 46.2 Å². The van der Waals surface area contributed by atoms with Crippen molar-refractivity contribution in [1.82, 2.24) is 5.32 Å². The minimum Gasteiger partial charge on any atom is -0.310 e. The van der Waals surface area contributed by atoms with Gasteiger partial charge in [-0.05, 0) is 30.9 Å². The summed E-state index contributed by atoms with van der Waals surface area (Å²) in [4.78, 5) is 0.329. The molecule has 0 aromatic heterocycles. The number of sulfone groups is 1. The molecule has 18 heavy (non-hydrogen) atoms. The fourth-order valence-electron chi connectivity index (χ4n) is 2.37. The summed E-state index contributed by atoms with van der Waals surface area (Å²) in [6.45, 7) is 2.73. The second kappa shape index (κ2) is 5.19. The van der Waals surface area contributed by atoms with Crippen LogP contribution in [0.4, 0.5) is 0 Å². The van der Waals surface area contributed by atoms with E-state index in [0.29, 0.717) is 28.1 Å². The normalized spacial score (nSPS) is 23.7. The molecule has 5 heteroatoms. The molecule has 100 valence electrons. The van der Waals surface area contributed by atoms with E-state index in [-0.39, 0.29) is 0 Å². The first kappa shape index (κ1) is 13.8. The third-order valence-electron chi connectivity index (χ3n) is 3.42. The van der Waals surface area contributed by atoms with Crippen LogP contribution in [0.2, 0.25) is 5.02 Å². The third-order valence-corrected chi connectivity index (χ3v) is 4.95. The highest BCUT2D eigenvalue weighted by Gasteiger charge is 2.25. The van der Waals surface area contributed by atoms with Gasteiger partial charge in [0.05, 0.1) is 4.90 Å². The number of hydrogen-bond donors (Lipinski definition) is 1. The van der Waals surface area contributed by atoms with Crippen LogP contribution in [-0.2, 0) is 16.4 Å². The zero-order chi connectivity index (χ0) is 13.3. The van der Waals surface area contributed by atoms with Crippen molar-refractivity contribution in [2.45, 2.75) is 37.2 Å². The zero-order valence-corrected chi connectivity index (χ0v) is 12.2. The monoisotopic (exact) mass is 287 g/mol. The number of rotatable bonds is 4. The highest BCUT2D eigenvalue weighted by atomic mass is 35.5. The SMILES string of the molecule is CC1CC(NCc2c(Cl)cccc2S(C)(=O)=O)C1. The van der Waals surface area contributed by atoms with Crippen LogP contribution in [0.1, 0.15) is 25.3 Å². The molecule has 0 unspecified atom stereocenters. The molecular formula is C13H18ClNO2S. The van der Waals surface area contributed by atoms with Crippen molar-refractivity contribution in [3.8, 4) is 0 Å². The molecule has 0 radical (unpaired) electrons. The number of benzene rings is 1. The van der Waals surface area contributed by atoms with E-state index in [0.717, 1.165) is 18.8 Å². The number of nitrogens with one attached hydrogen (secondary N) is 1. The van der Waals surface area contributed by atoms with Crippen LogP contribution in [0, 0.1) is 5.92 Å². The van der Waals surface area contributed by atoms with Gasteiger partial charge < -0.3 is 5.32 Å². The van der Waals surface area contributed by atoms with E-state index < -0.39 is 9.84 Å². The van der Waals surface area contributed by atoms with E-state index in [2.05, 4.69) is 12.2 Å². The molecule has 0 spiro atoms. The van der Waals surface area contributed by atoms with Crippen LogP contribution >= 0.6 is 11.6 Å². The lowest BCUT2D eigenvalue weighted by molar-refractivity contribution is 0.240. The molecule has 1 saturated carbocycles. The fourth-order valence-corrected chi connectivity index (χ4v) is 3.63. The van der Waals surface area contributed by atoms with Gasteiger partial charge in [0.25, 0.3) is 0 Å². The second-order valence-corrected chi connectivity index (χ2v) is 7.53. The molecule has 0 saturated heterocycles. The summed E-state index contributed by atoms with van der Waals surface area (Å²) in [5, 5.41) is 3.88. The van der Waals surface area contributed by atoms with Gasteiger partial charge in [0.2, 0.25) is 0 Å². The highest BCUT2D eigenvalue weighted by Crippen LogP contribution is 2.28. The first-order chi connectivity index (χ1) is 8.38. The van der Waals surface area contributed by atoms with Gasteiger partial charge in [0.15, 0.2) is 9.84 Å². The Bertz CT molecular complexity index is 536. The Morgan fingerprint density at radius 2 is 2.06 bits per heavy atom. The average Bonchev–Trinajstić information content (AvgIpc) is 2.22. The first-order valence-corrected chi connectivity index (χ1v) is 8.35. The van der Waals surface area contributed by atoms with Crippen LogP contribution in [0.25, 0.3) is 0 Å². The third kappa shape index (κ3) is 3.05. The Morgan fingerprint density at radius 1 is 1.39 bits per heavy atom. The molecule has 0 atom stereocenters. The smallest absolute Gasteiger partial charge is 0.175 e. The molecule has 0 heterocycles. The molecule has 1 aliphatic carbocycles. The minimum absolute atomic E-state index is 0.329. The summed E-state index contributed by atoms with van der Waals surface area (Å²) in [7, 11) is -3.23. The van der Waals surface area contributed by atoms with Crippen LogP contribution in [0.5, 0.6) is 0 Å². The number of halogens is 1. The lowest BCUT2D eigenvalue weighted by Crippen LogP contribution is -2.39. The van der Waals surface area contributed by atoms with Gasteiger partial charge in [-0.3, -0.25) is 0 Å². The largest absolute Gasteiger partial charge is 0.310 e. The maximum atomic E-state index is 11.7.